The summed E-state index contributed by atoms with van der Waals surface area (Å²) in [5.74, 6) is 0. The van der Waals surface area contributed by atoms with Gasteiger partial charge >= 0.3 is 7.12 Å². The molecule has 0 atom stereocenters. The van der Waals surface area contributed by atoms with Gasteiger partial charge in [-0.3, -0.25) is 0 Å². The first kappa shape index (κ1) is 28.2. The van der Waals surface area contributed by atoms with Crippen molar-refractivity contribution >= 4 is 56.2 Å². The Morgan fingerprint density at radius 2 is 1.04 bits per heavy atom. The summed E-state index contributed by atoms with van der Waals surface area (Å²) in [6.45, 7) is 8.47. The Bertz CT molecular complexity index is 2460. The van der Waals surface area contributed by atoms with Gasteiger partial charge < -0.3 is 18.4 Å². The molecule has 228 valence electrons. The first-order valence-electron chi connectivity index (χ1n) is 16.4. The molecular formula is C42H35BN2O2. The molecule has 0 aliphatic carbocycles. The zero-order chi connectivity index (χ0) is 31.9. The van der Waals surface area contributed by atoms with Crippen molar-refractivity contribution in [2.75, 3.05) is 0 Å². The molecule has 4 nitrogen and oxygen atoms in total. The van der Waals surface area contributed by atoms with Crippen molar-refractivity contribution in [1.82, 2.24) is 9.13 Å². The summed E-state index contributed by atoms with van der Waals surface area (Å²) < 4.78 is 18.2. The first-order valence-corrected chi connectivity index (χ1v) is 16.4. The molecule has 0 amide bonds. The van der Waals surface area contributed by atoms with Gasteiger partial charge in [-0.1, -0.05) is 97.1 Å². The highest BCUT2D eigenvalue weighted by atomic mass is 16.7. The van der Waals surface area contributed by atoms with Gasteiger partial charge in [-0.25, -0.2) is 0 Å². The van der Waals surface area contributed by atoms with Crippen LogP contribution in [0.4, 0.5) is 0 Å². The highest BCUT2D eigenvalue weighted by Gasteiger charge is 2.52. The molecule has 2 aromatic heterocycles. The Balaban J connectivity index is 1.43. The van der Waals surface area contributed by atoms with E-state index in [1.54, 1.807) is 0 Å². The molecule has 5 heteroatoms. The Morgan fingerprint density at radius 1 is 0.468 bits per heavy atom. The van der Waals surface area contributed by atoms with E-state index in [0.717, 1.165) is 38.9 Å². The van der Waals surface area contributed by atoms with Gasteiger partial charge in [0.25, 0.3) is 0 Å². The van der Waals surface area contributed by atoms with Crippen LogP contribution in [0.25, 0.3) is 66.1 Å². The largest absolute Gasteiger partial charge is 0.494 e. The number of nitrogens with zero attached hydrogens (tertiary/aromatic N) is 2. The molecule has 0 saturated carbocycles. The third-order valence-corrected chi connectivity index (χ3v) is 10.3. The van der Waals surface area contributed by atoms with Crippen LogP contribution in [0.5, 0.6) is 0 Å². The van der Waals surface area contributed by atoms with Crippen molar-refractivity contribution in [3.05, 3.63) is 140 Å². The Hall–Kier alpha value is -5.10. The lowest BCUT2D eigenvalue weighted by Gasteiger charge is -2.32. The quantitative estimate of drug-likeness (QED) is 0.186. The number of para-hydroxylation sites is 3. The third-order valence-electron chi connectivity index (χ3n) is 10.3. The van der Waals surface area contributed by atoms with E-state index in [-0.39, 0.29) is 0 Å². The van der Waals surface area contributed by atoms with E-state index in [1.165, 1.54) is 32.7 Å². The number of hydrogen-bond donors (Lipinski definition) is 0. The maximum atomic E-state index is 6.70. The lowest BCUT2D eigenvalue weighted by Crippen LogP contribution is -2.41. The molecule has 0 bridgehead atoms. The van der Waals surface area contributed by atoms with E-state index in [4.69, 9.17) is 9.31 Å². The van der Waals surface area contributed by atoms with Crippen molar-refractivity contribution in [1.29, 1.82) is 0 Å². The van der Waals surface area contributed by atoms with Crippen molar-refractivity contribution in [2.24, 2.45) is 0 Å². The van der Waals surface area contributed by atoms with Gasteiger partial charge in [-0.2, -0.15) is 0 Å². The van der Waals surface area contributed by atoms with Crippen molar-refractivity contribution in [2.45, 2.75) is 38.9 Å². The average molecular weight is 611 g/mol. The number of benzene rings is 6. The topological polar surface area (TPSA) is 28.3 Å². The van der Waals surface area contributed by atoms with Gasteiger partial charge in [0.05, 0.1) is 39.0 Å². The van der Waals surface area contributed by atoms with Gasteiger partial charge in [-0.15, -0.1) is 0 Å². The number of rotatable bonds is 4. The molecule has 0 spiro atoms. The van der Waals surface area contributed by atoms with E-state index in [9.17, 15) is 0 Å². The monoisotopic (exact) mass is 610 g/mol. The minimum absolute atomic E-state index is 0.462. The highest BCUT2D eigenvalue weighted by molar-refractivity contribution is 6.62. The summed E-state index contributed by atoms with van der Waals surface area (Å²) in [5, 5.41) is 4.84. The lowest BCUT2D eigenvalue weighted by molar-refractivity contribution is 0.00578. The van der Waals surface area contributed by atoms with Crippen molar-refractivity contribution in [3.8, 4) is 22.5 Å². The predicted octanol–water partition coefficient (Wildman–Crippen LogP) is 9.85. The zero-order valence-electron chi connectivity index (χ0n) is 27.1. The molecule has 0 N–H and O–H groups in total. The van der Waals surface area contributed by atoms with Crippen LogP contribution >= 0.6 is 0 Å². The number of fused-ring (bicyclic) bond motifs is 6. The molecule has 6 aromatic carbocycles. The van der Waals surface area contributed by atoms with Crippen LogP contribution < -0.4 is 5.46 Å². The Morgan fingerprint density at radius 3 is 1.74 bits per heavy atom. The van der Waals surface area contributed by atoms with Gasteiger partial charge in [0.2, 0.25) is 0 Å². The summed E-state index contributed by atoms with van der Waals surface area (Å²) in [6.07, 6.45) is 0. The summed E-state index contributed by atoms with van der Waals surface area (Å²) in [7, 11) is -0.515. The van der Waals surface area contributed by atoms with E-state index in [0.29, 0.717) is 0 Å². The number of hydrogen-bond acceptors (Lipinski definition) is 2. The normalized spacial score (nSPS) is 15.8. The highest BCUT2D eigenvalue weighted by Crippen LogP contribution is 2.42. The van der Waals surface area contributed by atoms with Crippen LogP contribution in [-0.2, 0) is 9.31 Å². The molecule has 1 saturated heterocycles. The van der Waals surface area contributed by atoms with Crippen LogP contribution in [0.1, 0.15) is 27.7 Å². The minimum Gasteiger partial charge on any atom is -0.399 e. The molecule has 1 aliphatic rings. The second-order valence-corrected chi connectivity index (χ2v) is 13.7. The van der Waals surface area contributed by atoms with Crippen LogP contribution in [0, 0.1) is 0 Å². The summed E-state index contributed by atoms with van der Waals surface area (Å²) >= 11 is 0. The summed E-state index contributed by atoms with van der Waals surface area (Å²) in [4.78, 5) is 0. The Kier molecular flexibility index (Phi) is 6.11. The SMILES string of the molecule is CC1(C)OB(c2cc(-n3c4ccccc4c4ccc(-c5ccccc5)cc43)c3c4ccccc4n(-c4ccccc4)c3c2)OC1(C)C. The molecule has 3 heterocycles. The third kappa shape index (κ3) is 4.24. The van der Waals surface area contributed by atoms with Gasteiger partial charge in [0.15, 0.2) is 0 Å². The smallest absolute Gasteiger partial charge is 0.399 e. The first-order chi connectivity index (χ1) is 22.8. The average Bonchev–Trinajstić information content (AvgIpc) is 3.68. The molecule has 1 fully saturated rings. The van der Waals surface area contributed by atoms with Crippen LogP contribution in [0.2, 0.25) is 0 Å². The van der Waals surface area contributed by atoms with Gasteiger partial charge in [0.1, 0.15) is 0 Å². The predicted molar refractivity (Wildman–Crippen MR) is 196 cm³/mol. The Labute approximate surface area is 274 Å². The minimum atomic E-state index is -0.515. The summed E-state index contributed by atoms with van der Waals surface area (Å²) in [5.41, 5.74) is 9.28. The molecule has 9 rings (SSSR count). The molecule has 8 aromatic rings. The van der Waals surface area contributed by atoms with Crippen LogP contribution in [0.15, 0.2) is 140 Å². The van der Waals surface area contributed by atoms with E-state index in [2.05, 4.69) is 176 Å². The van der Waals surface area contributed by atoms with E-state index in [1.807, 2.05) is 0 Å². The second kappa shape index (κ2) is 10.2. The van der Waals surface area contributed by atoms with Crippen LogP contribution in [-0.4, -0.2) is 27.5 Å². The molecule has 47 heavy (non-hydrogen) atoms. The second-order valence-electron chi connectivity index (χ2n) is 13.7. The van der Waals surface area contributed by atoms with Crippen molar-refractivity contribution < 1.29 is 9.31 Å². The molecular weight excluding hydrogens is 575 g/mol. The van der Waals surface area contributed by atoms with Crippen LogP contribution in [0.3, 0.4) is 0 Å². The van der Waals surface area contributed by atoms with E-state index >= 15 is 0 Å². The standard InChI is InChI=1S/C42H35BN2O2/c1-41(2)42(3,4)47-43(46-41)30-26-38-40(34-20-12-14-22-36(34)44(38)31-17-9-6-10-18-31)39(27-30)45-35-21-13-11-19-32(35)33-24-23-29(25-37(33)45)28-15-7-5-8-16-28/h5-27H,1-4H3. The fourth-order valence-corrected chi connectivity index (χ4v) is 7.28. The maximum absolute atomic E-state index is 6.70. The summed E-state index contributed by atoms with van der Waals surface area (Å²) in [6, 6.07) is 50.2. The maximum Gasteiger partial charge on any atom is 0.494 e. The zero-order valence-corrected chi connectivity index (χ0v) is 27.1. The fraction of sp³-hybridized carbons (Fsp3) is 0.143. The molecule has 1 aliphatic heterocycles. The molecule has 0 unspecified atom stereocenters. The number of aromatic nitrogens is 2. The fourth-order valence-electron chi connectivity index (χ4n) is 7.28. The van der Waals surface area contributed by atoms with Crippen molar-refractivity contribution in [3.63, 3.8) is 0 Å². The van der Waals surface area contributed by atoms with E-state index < -0.39 is 18.3 Å². The lowest BCUT2D eigenvalue weighted by atomic mass is 9.78. The molecule has 0 radical (unpaired) electrons. The van der Waals surface area contributed by atoms with Gasteiger partial charge in [0, 0.05) is 27.2 Å². The van der Waals surface area contributed by atoms with Gasteiger partial charge in [-0.05, 0) is 86.7 Å².